The summed E-state index contributed by atoms with van der Waals surface area (Å²) in [5.41, 5.74) is -0.392. The van der Waals surface area contributed by atoms with Crippen molar-refractivity contribution in [2.24, 2.45) is 0 Å². The van der Waals surface area contributed by atoms with Crippen LogP contribution >= 0.6 is 15.9 Å². The van der Waals surface area contributed by atoms with Crippen LogP contribution in [0.4, 0.5) is 4.39 Å². The Labute approximate surface area is 115 Å². The highest BCUT2D eigenvalue weighted by Gasteiger charge is 2.27. The molecule has 0 fully saturated rings. The van der Waals surface area contributed by atoms with Crippen LogP contribution in [0, 0.1) is 5.82 Å². The number of halogens is 2. The fraction of sp³-hybridized carbons (Fsp3) is 0.462. The van der Waals surface area contributed by atoms with Crippen LogP contribution in [0.3, 0.4) is 0 Å². The van der Waals surface area contributed by atoms with Gasteiger partial charge in [-0.15, -0.1) is 0 Å². The molecule has 0 aliphatic heterocycles. The van der Waals surface area contributed by atoms with Crippen LogP contribution in [0.15, 0.2) is 22.7 Å². The second kappa shape index (κ2) is 6.29. The molecule has 1 rings (SSSR count). The molecule has 0 aliphatic rings. The molecule has 0 aromatic heterocycles. The number of hydrogen-bond donors (Lipinski definition) is 2. The highest BCUT2D eigenvalue weighted by atomic mass is 79.9. The molecule has 0 bridgehead atoms. The Kier molecular flexibility index (Phi) is 5.28. The first-order chi connectivity index (χ1) is 8.48. The van der Waals surface area contributed by atoms with Gasteiger partial charge < -0.3 is 10.4 Å². The van der Waals surface area contributed by atoms with Gasteiger partial charge in [0, 0.05) is 5.56 Å². The van der Waals surface area contributed by atoms with E-state index < -0.39 is 11.4 Å². The first-order valence-electron chi connectivity index (χ1n) is 5.86. The molecule has 2 N–H and O–H groups in total. The number of nitrogens with one attached hydrogen (secondary N) is 1. The van der Waals surface area contributed by atoms with Crippen molar-refractivity contribution < 1.29 is 14.3 Å². The lowest BCUT2D eigenvalue weighted by Crippen LogP contribution is -2.50. The zero-order valence-electron chi connectivity index (χ0n) is 10.5. The van der Waals surface area contributed by atoms with Crippen molar-refractivity contribution >= 4 is 21.8 Å². The van der Waals surface area contributed by atoms with Gasteiger partial charge in [0.2, 0.25) is 0 Å². The highest BCUT2D eigenvalue weighted by Crippen LogP contribution is 2.19. The average molecular weight is 318 g/mol. The monoisotopic (exact) mass is 317 g/mol. The van der Waals surface area contributed by atoms with Crippen molar-refractivity contribution in [3.05, 3.63) is 34.1 Å². The Morgan fingerprint density at radius 3 is 2.50 bits per heavy atom. The summed E-state index contributed by atoms with van der Waals surface area (Å²) >= 11 is 3.03. The van der Waals surface area contributed by atoms with E-state index in [0.717, 1.165) is 0 Å². The van der Waals surface area contributed by atoms with Crippen molar-refractivity contribution in [3.63, 3.8) is 0 Å². The van der Waals surface area contributed by atoms with Crippen LogP contribution in [0.5, 0.6) is 0 Å². The van der Waals surface area contributed by atoms with Gasteiger partial charge in [0.25, 0.3) is 5.91 Å². The Bertz CT molecular complexity index is 425. The molecule has 0 atom stereocenters. The van der Waals surface area contributed by atoms with E-state index in [1.807, 2.05) is 13.8 Å². The van der Waals surface area contributed by atoms with E-state index in [0.29, 0.717) is 17.3 Å². The number of carbonyl (C=O) groups is 1. The number of rotatable bonds is 5. The zero-order valence-corrected chi connectivity index (χ0v) is 12.1. The molecular formula is C13H17BrFNO2. The van der Waals surface area contributed by atoms with Crippen molar-refractivity contribution in [2.75, 3.05) is 6.61 Å². The summed E-state index contributed by atoms with van der Waals surface area (Å²) in [5, 5.41) is 12.1. The Hall–Kier alpha value is -0.940. The number of amides is 1. The summed E-state index contributed by atoms with van der Waals surface area (Å²) in [6.07, 6.45) is 1.23. The lowest BCUT2D eigenvalue weighted by molar-refractivity contribution is 0.0817. The minimum atomic E-state index is -0.638. The molecule has 1 amide bonds. The molecule has 0 unspecified atom stereocenters. The van der Waals surface area contributed by atoms with Crippen molar-refractivity contribution in [1.82, 2.24) is 5.32 Å². The number of benzene rings is 1. The largest absolute Gasteiger partial charge is 0.394 e. The van der Waals surface area contributed by atoms with Crippen LogP contribution < -0.4 is 5.32 Å². The van der Waals surface area contributed by atoms with E-state index >= 15 is 0 Å². The maximum absolute atomic E-state index is 13.3. The Morgan fingerprint density at radius 1 is 1.44 bits per heavy atom. The van der Waals surface area contributed by atoms with E-state index in [9.17, 15) is 14.3 Å². The van der Waals surface area contributed by atoms with E-state index in [1.54, 1.807) is 0 Å². The molecule has 0 radical (unpaired) electrons. The third-order valence-electron chi connectivity index (χ3n) is 3.22. The van der Waals surface area contributed by atoms with Gasteiger partial charge in [-0.1, -0.05) is 13.8 Å². The van der Waals surface area contributed by atoms with Crippen LogP contribution in [-0.4, -0.2) is 23.2 Å². The molecule has 1 aromatic carbocycles. The number of carbonyl (C=O) groups excluding carboxylic acids is 1. The number of aliphatic hydroxyl groups excluding tert-OH is 1. The van der Waals surface area contributed by atoms with Gasteiger partial charge in [0.15, 0.2) is 0 Å². The SMILES string of the molecule is CCC(CC)(CO)NC(=O)c1ccc(Br)c(F)c1. The van der Waals surface area contributed by atoms with Gasteiger partial charge in [0.1, 0.15) is 5.82 Å². The van der Waals surface area contributed by atoms with Gasteiger partial charge in [0.05, 0.1) is 16.6 Å². The lowest BCUT2D eigenvalue weighted by Gasteiger charge is -2.30. The summed E-state index contributed by atoms with van der Waals surface area (Å²) in [7, 11) is 0. The molecule has 0 spiro atoms. The summed E-state index contributed by atoms with van der Waals surface area (Å²) in [6.45, 7) is 3.65. The molecule has 0 aliphatic carbocycles. The first-order valence-corrected chi connectivity index (χ1v) is 6.65. The normalized spacial score (nSPS) is 11.4. The smallest absolute Gasteiger partial charge is 0.251 e. The minimum Gasteiger partial charge on any atom is -0.394 e. The zero-order chi connectivity index (χ0) is 13.8. The van der Waals surface area contributed by atoms with Gasteiger partial charge >= 0.3 is 0 Å². The van der Waals surface area contributed by atoms with Gasteiger partial charge in [-0.25, -0.2) is 4.39 Å². The second-order valence-corrected chi connectivity index (χ2v) is 5.08. The fourth-order valence-electron chi connectivity index (χ4n) is 1.64. The van der Waals surface area contributed by atoms with Crippen LogP contribution in [0.1, 0.15) is 37.0 Å². The molecule has 3 nitrogen and oxygen atoms in total. The van der Waals surface area contributed by atoms with Gasteiger partial charge in [-0.2, -0.15) is 0 Å². The van der Waals surface area contributed by atoms with E-state index in [2.05, 4.69) is 21.2 Å². The molecule has 1 aromatic rings. The molecule has 0 heterocycles. The second-order valence-electron chi connectivity index (χ2n) is 4.23. The molecule has 0 saturated carbocycles. The molecule has 0 saturated heterocycles. The summed E-state index contributed by atoms with van der Waals surface area (Å²) in [4.78, 5) is 12.0. The predicted molar refractivity (Wildman–Crippen MR) is 72.0 cm³/mol. The number of hydrogen-bond acceptors (Lipinski definition) is 2. The highest BCUT2D eigenvalue weighted by molar-refractivity contribution is 9.10. The molecular weight excluding hydrogens is 301 g/mol. The maximum Gasteiger partial charge on any atom is 0.251 e. The molecule has 18 heavy (non-hydrogen) atoms. The van der Waals surface area contributed by atoms with Gasteiger partial charge in [-0.3, -0.25) is 4.79 Å². The van der Waals surface area contributed by atoms with Crippen molar-refractivity contribution in [1.29, 1.82) is 0 Å². The van der Waals surface area contributed by atoms with Gasteiger partial charge in [-0.05, 0) is 47.0 Å². The topological polar surface area (TPSA) is 49.3 Å². The van der Waals surface area contributed by atoms with E-state index in [1.165, 1.54) is 18.2 Å². The Morgan fingerprint density at radius 2 is 2.06 bits per heavy atom. The summed E-state index contributed by atoms with van der Waals surface area (Å²) in [5.74, 6) is -0.857. The third kappa shape index (κ3) is 3.29. The fourth-order valence-corrected chi connectivity index (χ4v) is 1.89. The minimum absolute atomic E-state index is 0.134. The van der Waals surface area contributed by atoms with Crippen molar-refractivity contribution in [2.45, 2.75) is 32.2 Å². The van der Waals surface area contributed by atoms with Crippen LogP contribution in [-0.2, 0) is 0 Å². The van der Waals surface area contributed by atoms with Crippen LogP contribution in [0.25, 0.3) is 0 Å². The maximum atomic E-state index is 13.3. The quantitative estimate of drug-likeness (QED) is 0.877. The average Bonchev–Trinajstić information content (AvgIpc) is 2.39. The van der Waals surface area contributed by atoms with Crippen molar-refractivity contribution in [3.8, 4) is 0 Å². The predicted octanol–water partition coefficient (Wildman–Crippen LogP) is 2.87. The lowest BCUT2D eigenvalue weighted by atomic mass is 9.93. The number of aliphatic hydroxyl groups is 1. The summed E-state index contributed by atoms with van der Waals surface area (Å²) < 4.78 is 13.7. The molecule has 100 valence electrons. The molecule has 5 heteroatoms. The standard InChI is InChI=1S/C13H17BrFNO2/c1-3-13(4-2,8-17)16-12(18)9-5-6-10(14)11(15)7-9/h5-7,17H,3-4,8H2,1-2H3,(H,16,18). The van der Waals surface area contributed by atoms with E-state index in [4.69, 9.17) is 0 Å². The van der Waals surface area contributed by atoms with E-state index in [-0.39, 0.29) is 18.1 Å². The third-order valence-corrected chi connectivity index (χ3v) is 3.86. The first kappa shape index (κ1) is 15.1. The van der Waals surface area contributed by atoms with Crippen LogP contribution in [0.2, 0.25) is 0 Å². The Balaban J connectivity index is 2.90. The summed E-state index contributed by atoms with van der Waals surface area (Å²) in [6, 6.07) is 4.20.